The van der Waals surface area contributed by atoms with Crippen LogP contribution in [-0.2, 0) is 17.5 Å². The van der Waals surface area contributed by atoms with Crippen LogP contribution in [0.5, 0.6) is 0 Å². The molecule has 1 amide bonds. The molecule has 22 heavy (non-hydrogen) atoms. The molecule has 0 spiro atoms. The largest absolute Gasteiger partial charge is 0.421 e. The van der Waals surface area contributed by atoms with E-state index in [-0.39, 0.29) is 5.92 Å². The van der Waals surface area contributed by atoms with Crippen LogP contribution in [0.4, 0.5) is 13.2 Å². The van der Waals surface area contributed by atoms with Crippen molar-refractivity contribution in [3.8, 4) is 0 Å². The highest BCUT2D eigenvalue weighted by Gasteiger charge is 2.35. The molecule has 2 rings (SSSR count). The van der Waals surface area contributed by atoms with E-state index in [0.29, 0.717) is 25.6 Å². The molecule has 8 heteroatoms. The molecule has 2 atom stereocenters. The predicted octanol–water partition coefficient (Wildman–Crippen LogP) is 1.10. The summed E-state index contributed by atoms with van der Waals surface area (Å²) >= 11 is 0. The van der Waals surface area contributed by atoms with Gasteiger partial charge in [-0.1, -0.05) is 0 Å². The van der Waals surface area contributed by atoms with Crippen LogP contribution in [0.2, 0.25) is 0 Å². The summed E-state index contributed by atoms with van der Waals surface area (Å²) in [5.74, 6) is -0.466. The van der Waals surface area contributed by atoms with Gasteiger partial charge in [0.05, 0.1) is 6.10 Å². The molecule has 2 heterocycles. The summed E-state index contributed by atoms with van der Waals surface area (Å²) in [6.07, 6.45) is -3.48. The average Bonchev–Trinajstić information content (AvgIpc) is 2.89. The van der Waals surface area contributed by atoms with Gasteiger partial charge in [0.25, 0.3) is 5.56 Å². The molecule has 0 aliphatic carbocycles. The standard InChI is InChI=1S/C14H17F3N2O3/c1-9(20)10-4-6-18(7-10)12(21)8-19-5-2-3-11(13(19)22)14(15,16)17/h2-3,5,9-10,20H,4,6-8H2,1H3. The van der Waals surface area contributed by atoms with Gasteiger partial charge in [-0.15, -0.1) is 0 Å². The lowest BCUT2D eigenvalue weighted by Crippen LogP contribution is -2.37. The van der Waals surface area contributed by atoms with E-state index in [1.807, 2.05) is 0 Å². The van der Waals surface area contributed by atoms with Gasteiger partial charge in [-0.3, -0.25) is 9.59 Å². The van der Waals surface area contributed by atoms with Crippen molar-refractivity contribution in [2.45, 2.75) is 32.2 Å². The molecule has 2 unspecified atom stereocenters. The second-order valence-corrected chi connectivity index (χ2v) is 5.48. The van der Waals surface area contributed by atoms with Gasteiger partial charge in [-0.2, -0.15) is 13.2 Å². The predicted molar refractivity (Wildman–Crippen MR) is 72.1 cm³/mol. The number of aliphatic hydroxyl groups excluding tert-OH is 1. The highest BCUT2D eigenvalue weighted by Crippen LogP contribution is 2.26. The summed E-state index contributed by atoms with van der Waals surface area (Å²) in [7, 11) is 0. The third kappa shape index (κ3) is 3.49. The summed E-state index contributed by atoms with van der Waals surface area (Å²) in [6, 6.07) is 1.79. The highest BCUT2D eigenvalue weighted by atomic mass is 19.4. The monoisotopic (exact) mass is 318 g/mol. The van der Waals surface area contributed by atoms with Crippen molar-refractivity contribution < 1.29 is 23.1 Å². The van der Waals surface area contributed by atoms with E-state index in [0.717, 1.165) is 16.8 Å². The van der Waals surface area contributed by atoms with Crippen molar-refractivity contribution >= 4 is 5.91 Å². The van der Waals surface area contributed by atoms with E-state index in [1.165, 1.54) is 4.90 Å². The summed E-state index contributed by atoms with van der Waals surface area (Å²) in [4.78, 5) is 25.3. The maximum atomic E-state index is 12.7. The fourth-order valence-electron chi connectivity index (χ4n) is 2.53. The Morgan fingerprint density at radius 3 is 2.73 bits per heavy atom. The molecule has 1 fully saturated rings. The Kier molecular flexibility index (Phi) is 4.60. The molecule has 0 saturated carbocycles. The van der Waals surface area contributed by atoms with Crippen LogP contribution in [0.25, 0.3) is 0 Å². The topological polar surface area (TPSA) is 62.5 Å². The zero-order chi connectivity index (χ0) is 16.5. The minimum atomic E-state index is -4.74. The zero-order valence-electron chi connectivity index (χ0n) is 12.0. The first-order valence-electron chi connectivity index (χ1n) is 6.92. The zero-order valence-corrected chi connectivity index (χ0v) is 12.0. The maximum Gasteiger partial charge on any atom is 0.421 e. The molecule has 122 valence electrons. The molecule has 0 aromatic carbocycles. The van der Waals surface area contributed by atoms with Gasteiger partial charge in [0.2, 0.25) is 5.91 Å². The fourth-order valence-corrected chi connectivity index (χ4v) is 2.53. The number of aromatic nitrogens is 1. The lowest BCUT2D eigenvalue weighted by molar-refractivity contribution is -0.139. The molecule has 1 aromatic rings. The quantitative estimate of drug-likeness (QED) is 0.908. The van der Waals surface area contributed by atoms with Crippen LogP contribution in [0, 0.1) is 5.92 Å². The minimum Gasteiger partial charge on any atom is -0.393 e. The van der Waals surface area contributed by atoms with Crippen molar-refractivity contribution in [3.05, 3.63) is 34.2 Å². The number of pyridine rings is 1. The van der Waals surface area contributed by atoms with Crippen LogP contribution in [0.15, 0.2) is 23.1 Å². The summed E-state index contributed by atoms with van der Waals surface area (Å²) in [5, 5.41) is 9.49. The van der Waals surface area contributed by atoms with Gasteiger partial charge in [0.1, 0.15) is 12.1 Å². The van der Waals surface area contributed by atoms with E-state index in [2.05, 4.69) is 0 Å². The van der Waals surface area contributed by atoms with E-state index < -0.39 is 35.9 Å². The van der Waals surface area contributed by atoms with Gasteiger partial charge in [-0.25, -0.2) is 0 Å². The number of carbonyl (C=O) groups is 1. The highest BCUT2D eigenvalue weighted by molar-refractivity contribution is 5.76. The number of nitrogens with zero attached hydrogens (tertiary/aromatic N) is 2. The van der Waals surface area contributed by atoms with Gasteiger partial charge >= 0.3 is 6.18 Å². The molecule has 1 aromatic heterocycles. The number of hydrogen-bond donors (Lipinski definition) is 1. The smallest absolute Gasteiger partial charge is 0.393 e. The van der Waals surface area contributed by atoms with E-state index in [4.69, 9.17) is 0 Å². The Hall–Kier alpha value is -1.83. The van der Waals surface area contributed by atoms with Gasteiger partial charge in [0, 0.05) is 25.2 Å². The number of alkyl halides is 3. The number of rotatable bonds is 3. The van der Waals surface area contributed by atoms with Crippen molar-refractivity contribution in [1.29, 1.82) is 0 Å². The fraction of sp³-hybridized carbons (Fsp3) is 0.571. The Balaban J connectivity index is 2.12. The van der Waals surface area contributed by atoms with E-state index in [9.17, 15) is 27.9 Å². The molecule has 1 N–H and O–H groups in total. The molecular weight excluding hydrogens is 301 g/mol. The number of amides is 1. The van der Waals surface area contributed by atoms with Crippen molar-refractivity contribution in [3.63, 3.8) is 0 Å². The molecule has 1 aliphatic heterocycles. The second kappa shape index (κ2) is 6.12. The Morgan fingerprint density at radius 1 is 1.50 bits per heavy atom. The number of aliphatic hydroxyl groups is 1. The van der Waals surface area contributed by atoms with E-state index >= 15 is 0 Å². The third-order valence-electron chi connectivity index (χ3n) is 3.89. The molecule has 1 aliphatic rings. The summed E-state index contributed by atoms with van der Waals surface area (Å²) in [5.41, 5.74) is -2.51. The lowest BCUT2D eigenvalue weighted by Gasteiger charge is -2.18. The van der Waals surface area contributed by atoms with Crippen LogP contribution in [0.3, 0.4) is 0 Å². The number of hydrogen-bond acceptors (Lipinski definition) is 3. The Morgan fingerprint density at radius 2 is 2.18 bits per heavy atom. The van der Waals surface area contributed by atoms with Crippen LogP contribution in [0.1, 0.15) is 18.9 Å². The number of halogens is 3. The van der Waals surface area contributed by atoms with Gasteiger partial charge < -0.3 is 14.6 Å². The average molecular weight is 318 g/mol. The molecule has 0 radical (unpaired) electrons. The summed E-state index contributed by atoms with van der Waals surface area (Å²) < 4.78 is 38.8. The SMILES string of the molecule is CC(O)C1CCN(C(=O)Cn2cccc(C(F)(F)F)c2=O)C1. The first-order valence-corrected chi connectivity index (χ1v) is 6.92. The lowest BCUT2D eigenvalue weighted by atomic mass is 10.0. The van der Waals surface area contributed by atoms with Crippen LogP contribution < -0.4 is 5.56 Å². The van der Waals surface area contributed by atoms with Gasteiger partial charge in [-0.05, 0) is 25.5 Å². The summed E-state index contributed by atoms with van der Waals surface area (Å²) in [6.45, 7) is 1.98. The van der Waals surface area contributed by atoms with Crippen molar-refractivity contribution in [1.82, 2.24) is 9.47 Å². The first kappa shape index (κ1) is 16.5. The van der Waals surface area contributed by atoms with Crippen LogP contribution >= 0.6 is 0 Å². The van der Waals surface area contributed by atoms with E-state index in [1.54, 1.807) is 6.92 Å². The molecule has 0 bridgehead atoms. The van der Waals surface area contributed by atoms with Crippen LogP contribution in [-0.4, -0.2) is 39.7 Å². The van der Waals surface area contributed by atoms with Crippen molar-refractivity contribution in [2.75, 3.05) is 13.1 Å². The molecule has 1 saturated heterocycles. The first-order chi connectivity index (χ1) is 10.2. The normalized spacial score (nSPS) is 20.2. The van der Waals surface area contributed by atoms with Crippen molar-refractivity contribution in [2.24, 2.45) is 5.92 Å². The maximum absolute atomic E-state index is 12.7. The molecule has 5 nitrogen and oxygen atoms in total. The Labute approximate surface area is 125 Å². The number of likely N-dealkylation sites (tertiary alicyclic amines) is 1. The minimum absolute atomic E-state index is 0.0396. The molecular formula is C14H17F3N2O3. The van der Waals surface area contributed by atoms with Gasteiger partial charge in [0.15, 0.2) is 0 Å². The Bertz CT molecular complexity index is 610. The number of carbonyl (C=O) groups excluding carboxylic acids is 1. The second-order valence-electron chi connectivity index (χ2n) is 5.48. The third-order valence-corrected chi connectivity index (χ3v) is 3.89.